The topological polar surface area (TPSA) is 72.2 Å². The van der Waals surface area contributed by atoms with Crippen LogP contribution in [0.4, 0.5) is 0 Å². The van der Waals surface area contributed by atoms with Crippen molar-refractivity contribution >= 4 is 24.0 Å². The fourth-order valence-corrected chi connectivity index (χ4v) is 5.68. The number of nitrogens with one attached hydrogen (secondary N) is 1. The van der Waals surface area contributed by atoms with Gasteiger partial charge in [-0.25, -0.2) is 4.68 Å². The molecule has 1 heterocycles. The molecule has 7 nitrogen and oxygen atoms in total. The van der Waals surface area contributed by atoms with Gasteiger partial charge >= 0.3 is 0 Å². The molecular formula is C26H37N5O2S. The molecule has 0 saturated heterocycles. The molecule has 2 saturated carbocycles. The van der Waals surface area contributed by atoms with Gasteiger partial charge in [0.15, 0.2) is 10.6 Å². The van der Waals surface area contributed by atoms with E-state index < -0.39 is 0 Å². The second-order valence-electron chi connectivity index (χ2n) is 9.85. The first kappa shape index (κ1) is 24.6. The zero-order valence-electron chi connectivity index (χ0n) is 20.5. The SMILES string of the molecule is Cc1cccc(C(=O)NCc2nn(CC(=O)N(C3CCCCC3)C3CCCCC3)c(=S)n2C)c1. The molecule has 2 fully saturated rings. The molecule has 184 valence electrons. The Morgan fingerprint density at radius 1 is 1.06 bits per heavy atom. The number of rotatable bonds is 7. The summed E-state index contributed by atoms with van der Waals surface area (Å²) in [7, 11) is 1.84. The lowest BCUT2D eigenvalue weighted by Crippen LogP contribution is -2.50. The fraction of sp³-hybridized carbons (Fsp3) is 0.615. The zero-order valence-corrected chi connectivity index (χ0v) is 21.3. The summed E-state index contributed by atoms with van der Waals surface area (Å²) >= 11 is 5.60. The molecule has 1 aromatic heterocycles. The van der Waals surface area contributed by atoms with Crippen molar-refractivity contribution in [1.29, 1.82) is 0 Å². The number of hydrogen-bond acceptors (Lipinski definition) is 4. The van der Waals surface area contributed by atoms with Crippen LogP contribution in [0.3, 0.4) is 0 Å². The minimum Gasteiger partial charge on any atom is -0.345 e. The molecule has 0 bridgehead atoms. The Hall–Kier alpha value is -2.48. The average Bonchev–Trinajstić information content (AvgIpc) is 3.11. The summed E-state index contributed by atoms with van der Waals surface area (Å²) in [4.78, 5) is 28.4. The number of benzene rings is 1. The Labute approximate surface area is 207 Å². The lowest BCUT2D eigenvalue weighted by Gasteiger charge is -2.41. The van der Waals surface area contributed by atoms with E-state index in [2.05, 4.69) is 15.3 Å². The minimum absolute atomic E-state index is 0.128. The Morgan fingerprint density at radius 2 is 1.68 bits per heavy atom. The first-order valence-electron chi connectivity index (χ1n) is 12.7. The first-order chi connectivity index (χ1) is 16.4. The van der Waals surface area contributed by atoms with Crippen molar-refractivity contribution in [3.8, 4) is 0 Å². The number of hydrogen-bond donors (Lipinski definition) is 1. The minimum atomic E-state index is -0.152. The quantitative estimate of drug-likeness (QED) is 0.580. The first-order valence-corrected chi connectivity index (χ1v) is 13.1. The van der Waals surface area contributed by atoms with Gasteiger partial charge in [0, 0.05) is 24.7 Å². The molecule has 0 radical (unpaired) electrons. The molecule has 0 atom stereocenters. The highest BCUT2D eigenvalue weighted by atomic mass is 32.1. The molecule has 0 spiro atoms. The molecular weight excluding hydrogens is 446 g/mol. The maximum atomic E-state index is 13.6. The Balaban J connectivity index is 1.45. The van der Waals surface area contributed by atoms with E-state index in [4.69, 9.17) is 12.2 Å². The van der Waals surface area contributed by atoms with Crippen molar-refractivity contribution in [3.05, 3.63) is 46.0 Å². The van der Waals surface area contributed by atoms with Gasteiger partial charge in [0.05, 0.1) is 6.54 Å². The molecule has 4 rings (SSSR count). The monoisotopic (exact) mass is 483 g/mol. The van der Waals surface area contributed by atoms with E-state index in [1.165, 1.54) is 38.5 Å². The van der Waals surface area contributed by atoms with Crippen LogP contribution in [-0.2, 0) is 24.9 Å². The van der Waals surface area contributed by atoms with E-state index in [1.54, 1.807) is 15.3 Å². The molecule has 2 aromatic rings. The van der Waals surface area contributed by atoms with Crippen molar-refractivity contribution in [2.45, 2.75) is 96.3 Å². The summed E-state index contributed by atoms with van der Waals surface area (Å²) in [6.07, 6.45) is 11.8. The summed E-state index contributed by atoms with van der Waals surface area (Å²) in [5.74, 6) is 0.616. The largest absolute Gasteiger partial charge is 0.345 e. The number of nitrogens with zero attached hydrogens (tertiary/aromatic N) is 4. The van der Waals surface area contributed by atoms with Gasteiger partial charge in [-0.2, -0.15) is 5.10 Å². The summed E-state index contributed by atoms with van der Waals surface area (Å²) in [5.41, 5.74) is 1.65. The third-order valence-corrected chi connectivity index (χ3v) is 7.81. The van der Waals surface area contributed by atoms with Crippen LogP contribution in [0.15, 0.2) is 24.3 Å². The van der Waals surface area contributed by atoms with Crippen LogP contribution in [0.25, 0.3) is 0 Å². The third-order valence-electron chi connectivity index (χ3n) is 7.33. The lowest BCUT2D eigenvalue weighted by atomic mass is 9.88. The van der Waals surface area contributed by atoms with Crippen LogP contribution in [0, 0.1) is 11.7 Å². The van der Waals surface area contributed by atoms with Gasteiger partial charge < -0.3 is 14.8 Å². The molecule has 0 unspecified atom stereocenters. The van der Waals surface area contributed by atoms with Crippen molar-refractivity contribution in [1.82, 2.24) is 24.6 Å². The fourth-order valence-electron chi connectivity index (χ4n) is 5.47. The van der Waals surface area contributed by atoms with Crippen LogP contribution in [-0.4, -0.2) is 43.1 Å². The van der Waals surface area contributed by atoms with Crippen molar-refractivity contribution in [2.75, 3.05) is 0 Å². The van der Waals surface area contributed by atoms with Crippen molar-refractivity contribution in [3.63, 3.8) is 0 Å². The third kappa shape index (κ3) is 5.77. The van der Waals surface area contributed by atoms with Gasteiger partial charge in [-0.1, -0.05) is 56.2 Å². The van der Waals surface area contributed by atoms with Gasteiger partial charge in [-0.15, -0.1) is 0 Å². The van der Waals surface area contributed by atoms with E-state index in [1.807, 2.05) is 32.2 Å². The molecule has 2 amide bonds. The van der Waals surface area contributed by atoms with E-state index in [-0.39, 0.29) is 24.9 Å². The van der Waals surface area contributed by atoms with Gasteiger partial charge in [0.2, 0.25) is 5.91 Å². The molecule has 1 N–H and O–H groups in total. The van der Waals surface area contributed by atoms with Crippen LogP contribution in [0.5, 0.6) is 0 Å². The predicted octanol–water partition coefficient (Wildman–Crippen LogP) is 4.68. The van der Waals surface area contributed by atoms with Crippen LogP contribution >= 0.6 is 12.2 Å². The van der Waals surface area contributed by atoms with Crippen molar-refractivity contribution in [2.24, 2.45) is 7.05 Å². The lowest BCUT2D eigenvalue weighted by molar-refractivity contribution is -0.138. The molecule has 1 aromatic carbocycles. The molecule has 0 aliphatic heterocycles. The highest BCUT2D eigenvalue weighted by Crippen LogP contribution is 2.30. The Bertz CT molecular complexity index is 1050. The smallest absolute Gasteiger partial charge is 0.251 e. The van der Waals surface area contributed by atoms with E-state index in [0.717, 1.165) is 31.2 Å². The highest BCUT2D eigenvalue weighted by molar-refractivity contribution is 7.71. The van der Waals surface area contributed by atoms with E-state index in [0.29, 0.717) is 28.2 Å². The van der Waals surface area contributed by atoms with Gasteiger partial charge in [-0.05, 0) is 57.0 Å². The van der Waals surface area contributed by atoms with Crippen LogP contribution < -0.4 is 5.32 Å². The maximum Gasteiger partial charge on any atom is 0.251 e. The number of amides is 2. The highest BCUT2D eigenvalue weighted by Gasteiger charge is 2.32. The Kier molecular flexibility index (Phi) is 8.19. The Morgan fingerprint density at radius 3 is 2.26 bits per heavy atom. The molecule has 34 heavy (non-hydrogen) atoms. The number of aryl methyl sites for hydroxylation is 1. The zero-order chi connectivity index (χ0) is 24.1. The average molecular weight is 484 g/mol. The van der Waals surface area contributed by atoms with Crippen molar-refractivity contribution < 1.29 is 9.59 Å². The van der Waals surface area contributed by atoms with Gasteiger partial charge in [0.1, 0.15) is 6.54 Å². The molecule has 8 heteroatoms. The van der Waals surface area contributed by atoms with Gasteiger partial charge in [-0.3, -0.25) is 9.59 Å². The maximum absolute atomic E-state index is 13.6. The number of carbonyl (C=O) groups excluding carboxylic acids is 2. The van der Waals surface area contributed by atoms with Crippen LogP contribution in [0.2, 0.25) is 0 Å². The summed E-state index contributed by atoms with van der Waals surface area (Å²) in [6, 6.07) is 8.17. The van der Waals surface area contributed by atoms with Crippen LogP contribution in [0.1, 0.15) is 86.0 Å². The normalized spacial score (nSPS) is 17.5. The predicted molar refractivity (Wildman–Crippen MR) is 135 cm³/mol. The summed E-state index contributed by atoms with van der Waals surface area (Å²) in [6.45, 7) is 2.37. The summed E-state index contributed by atoms with van der Waals surface area (Å²) < 4.78 is 3.91. The second kappa shape index (κ2) is 11.3. The molecule has 2 aliphatic rings. The summed E-state index contributed by atoms with van der Waals surface area (Å²) in [5, 5.41) is 7.54. The van der Waals surface area contributed by atoms with E-state index >= 15 is 0 Å². The molecule has 2 aliphatic carbocycles. The number of aromatic nitrogens is 3. The number of carbonyl (C=O) groups is 2. The standard InChI is InChI=1S/C26H37N5O2S/c1-19-10-9-11-20(16-19)25(33)27-17-23-28-30(26(34)29(23)2)18-24(32)31(21-12-5-3-6-13-21)22-14-7-4-8-15-22/h9-11,16,21-22H,3-8,12-15,17-18H2,1-2H3,(H,27,33). The second-order valence-corrected chi connectivity index (χ2v) is 10.2. The van der Waals surface area contributed by atoms with Gasteiger partial charge in [0.25, 0.3) is 5.91 Å². The van der Waals surface area contributed by atoms with E-state index in [9.17, 15) is 9.59 Å².